The molecule has 1 aromatic rings. The molecule has 2 rings (SSSR count). The van der Waals surface area contributed by atoms with Crippen molar-refractivity contribution in [2.24, 2.45) is 4.99 Å². The molecule has 1 aliphatic rings. The molecule has 1 aliphatic heterocycles. The standard InChI is InChI=1S/C17H27N3O2S.HI/c1-5-18-16(20-8-9-23-17(2,3)12-20)19-11-13-6-7-15(22-4)14(21)10-13;/h6-7,10,21H,5,8-9,11-12H2,1-4H3,(H,18,19);1H. The highest BCUT2D eigenvalue weighted by atomic mass is 127. The molecule has 1 saturated heterocycles. The maximum Gasteiger partial charge on any atom is 0.194 e. The number of phenolic OH excluding ortho intramolecular Hbond substituents is 1. The summed E-state index contributed by atoms with van der Waals surface area (Å²) in [7, 11) is 1.55. The number of benzene rings is 1. The Hall–Kier alpha value is -0.830. The maximum atomic E-state index is 9.88. The number of hydrogen-bond acceptors (Lipinski definition) is 4. The van der Waals surface area contributed by atoms with Crippen molar-refractivity contribution in [3.8, 4) is 11.5 Å². The lowest BCUT2D eigenvalue weighted by atomic mass is 10.2. The maximum absolute atomic E-state index is 9.88. The molecule has 24 heavy (non-hydrogen) atoms. The van der Waals surface area contributed by atoms with Crippen molar-refractivity contribution >= 4 is 41.7 Å². The van der Waals surface area contributed by atoms with Gasteiger partial charge in [-0.15, -0.1) is 24.0 Å². The van der Waals surface area contributed by atoms with Gasteiger partial charge < -0.3 is 20.1 Å². The van der Waals surface area contributed by atoms with Gasteiger partial charge in [0.05, 0.1) is 13.7 Å². The Morgan fingerprint density at radius 1 is 1.46 bits per heavy atom. The fourth-order valence-corrected chi connectivity index (χ4v) is 3.73. The van der Waals surface area contributed by atoms with Crippen molar-refractivity contribution in [1.82, 2.24) is 10.2 Å². The van der Waals surface area contributed by atoms with Crippen LogP contribution in [0.5, 0.6) is 11.5 Å². The van der Waals surface area contributed by atoms with E-state index in [1.165, 1.54) is 0 Å². The third-order valence-electron chi connectivity index (χ3n) is 3.71. The van der Waals surface area contributed by atoms with Crippen molar-refractivity contribution < 1.29 is 9.84 Å². The molecule has 0 bridgehead atoms. The number of guanidine groups is 1. The first-order valence-electron chi connectivity index (χ1n) is 7.98. The number of halogens is 1. The van der Waals surface area contributed by atoms with Crippen LogP contribution in [0.2, 0.25) is 0 Å². The van der Waals surface area contributed by atoms with Gasteiger partial charge >= 0.3 is 0 Å². The summed E-state index contributed by atoms with van der Waals surface area (Å²) in [6.07, 6.45) is 0. The van der Waals surface area contributed by atoms with Gasteiger partial charge in [0.1, 0.15) is 0 Å². The zero-order valence-corrected chi connectivity index (χ0v) is 18.0. The summed E-state index contributed by atoms with van der Waals surface area (Å²) in [6.45, 7) is 9.99. The van der Waals surface area contributed by atoms with E-state index in [0.717, 1.165) is 36.9 Å². The Kier molecular flexibility index (Phi) is 8.49. The molecule has 0 aliphatic carbocycles. The van der Waals surface area contributed by atoms with Crippen LogP contribution in [0.25, 0.3) is 0 Å². The van der Waals surface area contributed by atoms with Crippen molar-refractivity contribution in [2.75, 3.05) is 32.5 Å². The number of ether oxygens (including phenoxy) is 1. The number of thioether (sulfide) groups is 1. The molecule has 7 heteroatoms. The molecule has 2 N–H and O–H groups in total. The minimum absolute atomic E-state index is 0. The first kappa shape index (κ1) is 21.2. The third-order valence-corrected chi connectivity index (χ3v) is 5.01. The second-order valence-electron chi connectivity index (χ2n) is 6.21. The average Bonchev–Trinajstić information content (AvgIpc) is 2.50. The number of methoxy groups -OCH3 is 1. The lowest BCUT2D eigenvalue weighted by Gasteiger charge is -2.39. The fourth-order valence-electron chi connectivity index (χ4n) is 2.62. The number of hydrogen-bond donors (Lipinski definition) is 2. The average molecular weight is 465 g/mol. The lowest BCUT2D eigenvalue weighted by molar-refractivity contribution is 0.372. The van der Waals surface area contributed by atoms with Crippen molar-refractivity contribution in [2.45, 2.75) is 32.1 Å². The Balaban J connectivity index is 0.00000288. The van der Waals surface area contributed by atoms with Crippen LogP contribution in [0.3, 0.4) is 0 Å². The van der Waals surface area contributed by atoms with Crippen LogP contribution in [-0.4, -0.2) is 53.2 Å². The van der Waals surface area contributed by atoms with Gasteiger partial charge in [-0.05, 0) is 38.5 Å². The van der Waals surface area contributed by atoms with E-state index in [1.807, 2.05) is 17.8 Å². The molecule has 0 unspecified atom stereocenters. The van der Waals surface area contributed by atoms with Gasteiger partial charge in [0.25, 0.3) is 0 Å². The second kappa shape index (κ2) is 9.60. The Labute approximate surface area is 166 Å². The van der Waals surface area contributed by atoms with Crippen molar-refractivity contribution in [3.63, 3.8) is 0 Å². The van der Waals surface area contributed by atoms with E-state index in [0.29, 0.717) is 12.3 Å². The summed E-state index contributed by atoms with van der Waals surface area (Å²) in [4.78, 5) is 7.06. The molecule has 0 atom stereocenters. The van der Waals surface area contributed by atoms with Crippen LogP contribution in [0, 0.1) is 0 Å². The molecule has 136 valence electrons. The first-order valence-corrected chi connectivity index (χ1v) is 8.97. The second-order valence-corrected chi connectivity index (χ2v) is 8.01. The summed E-state index contributed by atoms with van der Waals surface area (Å²) < 4.78 is 5.32. The largest absolute Gasteiger partial charge is 0.504 e. The highest BCUT2D eigenvalue weighted by Gasteiger charge is 2.28. The van der Waals surface area contributed by atoms with E-state index >= 15 is 0 Å². The minimum atomic E-state index is 0. The van der Waals surface area contributed by atoms with Gasteiger partial charge in [-0.25, -0.2) is 4.99 Å². The summed E-state index contributed by atoms with van der Waals surface area (Å²) >= 11 is 2.01. The van der Waals surface area contributed by atoms with Gasteiger partial charge in [0.2, 0.25) is 0 Å². The van der Waals surface area contributed by atoms with Gasteiger partial charge in [-0.2, -0.15) is 11.8 Å². The quantitative estimate of drug-likeness (QED) is 0.406. The van der Waals surface area contributed by atoms with Gasteiger partial charge in [0, 0.05) is 30.1 Å². The first-order chi connectivity index (χ1) is 10.9. The fraction of sp³-hybridized carbons (Fsp3) is 0.588. The van der Waals surface area contributed by atoms with E-state index in [-0.39, 0.29) is 34.5 Å². The van der Waals surface area contributed by atoms with Crippen LogP contribution in [0.1, 0.15) is 26.3 Å². The SMILES string of the molecule is CCNC(=NCc1ccc(OC)c(O)c1)N1CCSC(C)(C)C1.I. The smallest absolute Gasteiger partial charge is 0.194 e. The monoisotopic (exact) mass is 465 g/mol. The molecule has 0 spiro atoms. The molecule has 1 fully saturated rings. The summed E-state index contributed by atoms with van der Waals surface area (Å²) in [6, 6.07) is 5.41. The number of phenols is 1. The predicted octanol–water partition coefficient (Wildman–Crippen LogP) is 3.31. The molecule has 5 nitrogen and oxygen atoms in total. The predicted molar refractivity (Wildman–Crippen MR) is 113 cm³/mol. The summed E-state index contributed by atoms with van der Waals surface area (Å²) in [5.74, 6) is 2.69. The molecule has 0 amide bonds. The van der Waals surface area contributed by atoms with E-state index < -0.39 is 0 Å². The summed E-state index contributed by atoms with van der Waals surface area (Å²) in [5, 5.41) is 13.3. The Morgan fingerprint density at radius 3 is 2.79 bits per heavy atom. The topological polar surface area (TPSA) is 57.1 Å². The molecular weight excluding hydrogens is 437 g/mol. The zero-order valence-electron chi connectivity index (χ0n) is 14.8. The number of rotatable bonds is 4. The number of nitrogens with one attached hydrogen (secondary N) is 1. The molecule has 0 saturated carbocycles. The van der Waals surface area contributed by atoms with Crippen LogP contribution in [-0.2, 0) is 6.54 Å². The zero-order chi connectivity index (χ0) is 16.9. The number of aromatic hydroxyl groups is 1. The highest BCUT2D eigenvalue weighted by Crippen LogP contribution is 2.30. The number of nitrogens with zero attached hydrogens (tertiary/aromatic N) is 2. The van der Waals surface area contributed by atoms with E-state index in [9.17, 15) is 5.11 Å². The number of aliphatic imine (C=N–C) groups is 1. The van der Waals surface area contributed by atoms with Crippen molar-refractivity contribution in [1.29, 1.82) is 0 Å². The van der Waals surface area contributed by atoms with E-state index in [2.05, 4.69) is 31.0 Å². The molecule has 1 heterocycles. The van der Waals surface area contributed by atoms with E-state index in [1.54, 1.807) is 19.2 Å². The Morgan fingerprint density at radius 2 is 2.21 bits per heavy atom. The van der Waals surface area contributed by atoms with Crippen molar-refractivity contribution in [3.05, 3.63) is 23.8 Å². The van der Waals surface area contributed by atoms with E-state index in [4.69, 9.17) is 9.73 Å². The minimum Gasteiger partial charge on any atom is -0.504 e. The molecule has 0 radical (unpaired) electrons. The normalized spacial score (nSPS) is 17.2. The third kappa shape index (κ3) is 5.91. The Bertz CT molecular complexity index is 567. The van der Waals surface area contributed by atoms with Crippen LogP contribution in [0.15, 0.2) is 23.2 Å². The highest BCUT2D eigenvalue weighted by molar-refractivity contribution is 14.0. The molecule has 0 aromatic heterocycles. The van der Waals surface area contributed by atoms with Crippen LogP contribution in [0.4, 0.5) is 0 Å². The van der Waals surface area contributed by atoms with Gasteiger partial charge in [-0.1, -0.05) is 6.07 Å². The lowest BCUT2D eigenvalue weighted by Crippen LogP contribution is -2.50. The van der Waals surface area contributed by atoms with Gasteiger partial charge in [-0.3, -0.25) is 0 Å². The van der Waals surface area contributed by atoms with Gasteiger partial charge in [0.15, 0.2) is 17.5 Å². The van der Waals surface area contributed by atoms with Crippen LogP contribution < -0.4 is 10.1 Å². The summed E-state index contributed by atoms with van der Waals surface area (Å²) in [5.41, 5.74) is 0.962. The molecular formula is C17H28IN3O2S. The molecule has 1 aromatic carbocycles. The van der Waals surface area contributed by atoms with Crippen LogP contribution >= 0.6 is 35.7 Å².